The Labute approximate surface area is 121 Å². The maximum absolute atomic E-state index is 12.3. The van der Waals surface area contributed by atoms with Gasteiger partial charge in [0.2, 0.25) is 0 Å². The first-order chi connectivity index (χ1) is 9.25. The standard InChI is InChI=1S/C17H25NO2/c1-5-10-17(20)11-18(12-17)15(19)13-6-8-14(9-7-13)16(2,3)4/h6-9,20H,5,10-12H2,1-4H3. The summed E-state index contributed by atoms with van der Waals surface area (Å²) in [5.74, 6) is 0.0197. The van der Waals surface area contributed by atoms with E-state index in [4.69, 9.17) is 0 Å². The molecule has 110 valence electrons. The molecule has 0 radical (unpaired) electrons. The van der Waals surface area contributed by atoms with E-state index in [1.807, 2.05) is 31.2 Å². The van der Waals surface area contributed by atoms with Crippen molar-refractivity contribution in [3.63, 3.8) is 0 Å². The van der Waals surface area contributed by atoms with E-state index in [-0.39, 0.29) is 11.3 Å². The van der Waals surface area contributed by atoms with E-state index in [9.17, 15) is 9.90 Å². The zero-order valence-corrected chi connectivity index (χ0v) is 12.9. The number of hydrogen-bond donors (Lipinski definition) is 1. The third-order valence-electron chi connectivity index (χ3n) is 3.97. The molecule has 0 spiro atoms. The fraction of sp³-hybridized carbons (Fsp3) is 0.588. The third-order valence-corrected chi connectivity index (χ3v) is 3.97. The summed E-state index contributed by atoms with van der Waals surface area (Å²) in [5, 5.41) is 10.1. The lowest BCUT2D eigenvalue weighted by Crippen LogP contribution is -2.63. The molecule has 1 aliphatic rings. The average Bonchev–Trinajstić information content (AvgIpc) is 2.34. The van der Waals surface area contributed by atoms with Crippen LogP contribution in [0.5, 0.6) is 0 Å². The van der Waals surface area contributed by atoms with Crippen molar-refractivity contribution in [2.75, 3.05) is 13.1 Å². The van der Waals surface area contributed by atoms with Crippen LogP contribution in [-0.2, 0) is 5.41 Å². The molecule has 1 aromatic carbocycles. The zero-order valence-electron chi connectivity index (χ0n) is 12.9. The van der Waals surface area contributed by atoms with Crippen LogP contribution in [0, 0.1) is 0 Å². The van der Waals surface area contributed by atoms with Crippen molar-refractivity contribution in [1.82, 2.24) is 4.90 Å². The van der Waals surface area contributed by atoms with Crippen molar-refractivity contribution in [2.45, 2.75) is 51.6 Å². The lowest BCUT2D eigenvalue weighted by atomic mass is 9.86. The quantitative estimate of drug-likeness (QED) is 0.921. The van der Waals surface area contributed by atoms with E-state index in [0.29, 0.717) is 18.7 Å². The van der Waals surface area contributed by atoms with Crippen molar-refractivity contribution < 1.29 is 9.90 Å². The summed E-state index contributed by atoms with van der Waals surface area (Å²) in [7, 11) is 0. The first-order valence-electron chi connectivity index (χ1n) is 7.37. The van der Waals surface area contributed by atoms with Crippen LogP contribution < -0.4 is 0 Å². The van der Waals surface area contributed by atoms with Gasteiger partial charge in [-0.25, -0.2) is 0 Å². The second-order valence-corrected chi connectivity index (χ2v) is 6.96. The van der Waals surface area contributed by atoms with Gasteiger partial charge in [-0.05, 0) is 29.5 Å². The van der Waals surface area contributed by atoms with Crippen LogP contribution in [0.2, 0.25) is 0 Å². The predicted octanol–water partition coefficient (Wildman–Crippen LogP) is 2.97. The van der Waals surface area contributed by atoms with Crippen LogP contribution in [-0.4, -0.2) is 34.6 Å². The van der Waals surface area contributed by atoms with Gasteiger partial charge in [-0.1, -0.05) is 46.2 Å². The van der Waals surface area contributed by atoms with Gasteiger partial charge in [0.05, 0.1) is 18.7 Å². The molecular formula is C17H25NO2. The van der Waals surface area contributed by atoms with Gasteiger partial charge in [-0.3, -0.25) is 4.79 Å². The Bertz CT molecular complexity index is 479. The Morgan fingerprint density at radius 2 is 1.80 bits per heavy atom. The van der Waals surface area contributed by atoms with Crippen LogP contribution in [0.25, 0.3) is 0 Å². The van der Waals surface area contributed by atoms with Crippen LogP contribution in [0.15, 0.2) is 24.3 Å². The summed E-state index contributed by atoms with van der Waals surface area (Å²) in [4.78, 5) is 14.0. The Kier molecular flexibility index (Phi) is 3.92. The first kappa shape index (κ1) is 15.0. The van der Waals surface area contributed by atoms with Gasteiger partial charge >= 0.3 is 0 Å². The van der Waals surface area contributed by atoms with Gasteiger partial charge in [0.25, 0.3) is 5.91 Å². The highest BCUT2D eigenvalue weighted by atomic mass is 16.3. The molecule has 2 rings (SSSR count). The normalized spacial score (nSPS) is 17.8. The van der Waals surface area contributed by atoms with Gasteiger partial charge in [0.15, 0.2) is 0 Å². The van der Waals surface area contributed by atoms with Gasteiger partial charge < -0.3 is 10.0 Å². The molecular weight excluding hydrogens is 250 g/mol. The van der Waals surface area contributed by atoms with Crippen molar-refractivity contribution in [3.05, 3.63) is 35.4 Å². The van der Waals surface area contributed by atoms with Crippen molar-refractivity contribution in [2.24, 2.45) is 0 Å². The molecule has 0 bridgehead atoms. The summed E-state index contributed by atoms with van der Waals surface area (Å²) in [6.07, 6.45) is 1.71. The third kappa shape index (κ3) is 3.04. The topological polar surface area (TPSA) is 40.5 Å². The highest BCUT2D eigenvalue weighted by Crippen LogP contribution is 2.28. The second kappa shape index (κ2) is 5.21. The van der Waals surface area contributed by atoms with E-state index in [1.54, 1.807) is 4.90 Å². The number of hydrogen-bond acceptors (Lipinski definition) is 2. The monoisotopic (exact) mass is 275 g/mol. The van der Waals surface area contributed by atoms with Crippen LogP contribution in [0.4, 0.5) is 0 Å². The fourth-order valence-electron chi connectivity index (χ4n) is 2.73. The molecule has 1 N–H and O–H groups in total. The molecule has 1 aromatic rings. The minimum atomic E-state index is -0.657. The summed E-state index contributed by atoms with van der Waals surface area (Å²) >= 11 is 0. The number of β-amino-alcohol motifs (C(OH)–C–C–N with tert-alkyl or cyclic N) is 1. The molecule has 0 unspecified atom stereocenters. The number of aliphatic hydroxyl groups is 1. The van der Waals surface area contributed by atoms with E-state index in [1.165, 1.54) is 5.56 Å². The molecule has 1 aliphatic heterocycles. The summed E-state index contributed by atoms with van der Waals surface area (Å²) in [6.45, 7) is 9.44. The largest absolute Gasteiger partial charge is 0.386 e. The number of likely N-dealkylation sites (tertiary alicyclic amines) is 1. The molecule has 3 heteroatoms. The molecule has 1 saturated heterocycles. The zero-order chi connectivity index (χ0) is 15.0. The summed E-state index contributed by atoms with van der Waals surface area (Å²) in [6, 6.07) is 7.82. The minimum absolute atomic E-state index is 0.0197. The van der Waals surface area contributed by atoms with Gasteiger partial charge in [-0.15, -0.1) is 0 Å². The van der Waals surface area contributed by atoms with Gasteiger partial charge in [-0.2, -0.15) is 0 Å². The Hall–Kier alpha value is -1.35. The number of carbonyl (C=O) groups is 1. The lowest BCUT2D eigenvalue weighted by Gasteiger charge is -2.46. The van der Waals surface area contributed by atoms with Gasteiger partial charge in [0.1, 0.15) is 0 Å². The molecule has 0 aromatic heterocycles. The molecule has 0 aliphatic carbocycles. The number of rotatable bonds is 3. The number of nitrogens with zero attached hydrogens (tertiary/aromatic N) is 1. The highest BCUT2D eigenvalue weighted by Gasteiger charge is 2.42. The second-order valence-electron chi connectivity index (χ2n) is 6.96. The minimum Gasteiger partial charge on any atom is -0.386 e. The predicted molar refractivity (Wildman–Crippen MR) is 80.9 cm³/mol. The fourth-order valence-corrected chi connectivity index (χ4v) is 2.73. The van der Waals surface area contributed by atoms with Crippen molar-refractivity contribution >= 4 is 5.91 Å². The summed E-state index contributed by atoms with van der Waals surface area (Å²) < 4.78 is 0. The molecule has 1 fully saturated rings. The molecule has 0 saturated carbocycles. The SMILES string of the molecule is CCCC1(O)CN(C(=O)c2ccc(C(C)(C)C)cc2)C1. The van der Waals surface area contributed by atoms with Gasteiger partial charge in [0, 0.05) is 5.56 Å². The van der Waals surface area contributed by atoms with Crippen LogP contribution in [0.3, 0.4) is 0 Å². The molecule has 20 heavy (non-hydrogen) atoms. The average molecular weight is 275 g/mol. The maximum Gasteiger partial charge on any atom is 0.254 e. The Morgan fingerprint density at radius 1 is 1.25 bits per heavy atom. The van der Waals surface area contributed by atoms with E-state index in [2.05, 4.69) is 20.8 Å². The number of carbonyl (C=O) groups excluding carboxylic acids is 1. The lowest BCUT2D eigenvalue weighted by molar-refractivity contribution is -0.0860. The first-order valence-corrected chi connectivity index (χ1v) is 7.37. The molecule has 1 heterocycles. The van der Waals surface area contributed by atoms with E-state index >= 15 is 0 Å². The van der Waals surface area contributed by atoms with E-state index < -0.39 is 5.60 Å². The van der Waals surface area contributed by atoms with Crippen molar-refractivity contribution in [3.8, 4) is 0 Å². The highest BCUT2D eigenvalue weighted by molar-refractivity contribution is 5.95. The Morgan fingerprint density at radius 3 is 2.25 bits per heavy atom. The van der Waals surface area contributed by atoms with Crippen LogP contribution >= 0.6 is 0 Å². The van der Waals surface area contributed by atoms with Crippen LogP contribution in [0.1, 0.15) is 56.5 Å². The molecule has 0 atom stereocenters. The Balaban J connectivity index is 2.01. The molecule has 1 amide bonds. The molecule has 3 nitrogen and oxygen atoms in total. The smallest absolute Gasteiger partial charge is 0.254 e. The number of amides is 1. The van der Waals surface area contributed by atoms with Crippen molar-refractivity contribution in [1.29, 1.82) is 0 Å². The maximum atomic E-state index is 12.3. The van der Waals surface area contributed by atoms with E-state index in [0.717, 1.165) is 12.8 Å². The summed E-state index contributed by atoms with van der Waals surface area (Å²) in [5.41, 5.74) is 1.37. The number of benzene rings is 1.